The Morgan fingerprint density at radius 3 is 2.67 bits per heavy atom. The smallest absolute Gasteiger partial charge is 0.228 e. The van der Waals surface area contributed by atoms with Gasteiger partial charge in [0.05, 0.1) is 17.9 Å². The van der Waals surface area contributed by atoms with E-state index in [2.05, 4.69) is 10.1 Å². The zero-order valence-electron chi connectivity index (χ0n) is 12.7. The van der Waals surface area contributed by atoms with Crippen molar-refractivity contribution in [2.45, 2.75) is 25.7 Å². The lowest BCUT2D eigenvalue weighted by Gasteiger charge is -2.33. The highest BCUT2D eigenvalue weighted by molar-refractivity contribution is 6.41. The van der Waals surface area contributed by atoms with E-state index >= 15 is 0 Å². The molecule has 24 heavy (non-hydrogen) atoms. The molecule has 0 radical (unpaired) electrons. The first-order valence-corrected chi connectivity index (χ1v) is 8.32. The third kappa shape index (κ3) is 2.38. The fourth-order valence-corrected chi connectivity index (χ4v) is 3.51. The average Bonchev–Trinajstić information content (AvgIpc) is 2.89. The summed E-state index contributed by atoms with van der Waals surface area (Å²) < 4.78 is 0. The first-order chi connectivity index (χ1) is 11.6. The summed E-state index contributed by atoms with van der Waals surface area (Å²) >= 11 is 12.4. The van der Waals surface area contributed by atoms with Crippen molar-refractivity contribution in [3.05, 3.63) is 57.4 Å². The predicted molar refractivity (Wildman–Crippen MR) is 94.3 cm³/mol. The molecule has 2 heterocycles. The Kier molecular flexibility index (Phi) is 3.75. The van der Waals surface area contributed by atoms with Gasteiger partial charge in [0.2, 0.25) is 6.35 Å². The van der Waals surface area contributed by atoms with Crippen LogP contribution in [0.25, 0.3) is 0 Å². The van der Waals surface area contributed by atoms with Crippen LogP contribution in [0.1, 0.15) is 18.4 Å². The molecular formula is C16H15Cl2N5O. The molecule has 1 atom stereocenters. The van der Waals surface area contributed by atoms with E-state index in [9.17, 15) is 5.11 Å². The van der Waals surface area contributed by atoms with Crippen LogP contribution in [0, 0.1) is 0 Å². The van der Waals surface area contributed by atoms with Gasteiger partial charge in [0.25, 0.3) is 0 Å². The van der Waals surface area contributed by atoms with Crippen molar-refractivity contribution in [2.24, 2.45) is 15.8 Å². The molecule has 0 saturated heterocycles. The molecule has 0 spiro atoms. The highest BCUT2D eigenvalue weighted by Crippen LogP contribution is 2.34. The lowest BCUT2D eigenvalue weighted by atomic mass is 10.1. The molecule has 0 amide bonds. The zero-order chi connectivity index (χ0) is 16.8. The van der Waals surface area contributed by atoms with Gasteiger partial charge in [0.1, 0.15) is 0 Å². The van der Waals surface area contributed by atoms with Crippen molar-refractivity contribution in [3.63, 3.8) is 0 Å². The second-order valence-electron chi connectivity index (χ2n) is 5.69. The van der Waals surface area contributed by atoms with E-state index in [1.165, 1.54) is 5.01 Å². The fourth-order valence-electron chi connectivity index (χ4n) is 2.99. The zero-order valence-corrected chi connectivity index (χ0v) is 14.2. The number of amidine groups is 2. The Labute approximate surface area is 149 Å². The fraction of sp³-hybridized carbons (Fsp3) is 0.250. The lowest BCUT2D eigenvalue weighted by Crippen LogP contribution is -2.47. The number of rotatable bonds is 2. The SMILES string of the molecule is NC1=NC2=CCCC=C2N2C1=NN(Cc1c(Cl)cccc1Cl)C2O. The maximum absolute atomic E-state index is 10.8. The molecule has 0 aromatic heterocycles. The standard InChI is InChI=1S/C16H15Cl2N5O/c17-10-4-3-5-11(18)9(10)8-22-16(24)23-13-7-2-1-6-12(13)20-14(19)15(23)21-22/h3-7,16,24H,1-2,8H2,(H2,19,20). The number of nitrogens with two attached hydrogens (primary N) is 1. The normalized spacial score (nSPS) is 22.4. The van der Waals surface area contributed by atoms with Gasteiger partial charge in [-0.15, -0.1) is 0 Å². The van der Waals surface area contributed by atoms with Crippen LogP contribution in [-0.2, 0) is 6.54 Å². The van der Waals surface area contributed by atoms with Gasteiger partial charge in [-0.1, -0.05) is 41.4 Å². The average molecular weight is 364 g/mol. The highest BCUT2D eigenvalue weighted by Gasteiger charge is 2.41. The van der Waals surface area contributed by atoms with Crippen molar-refractivity contribution < 1.29 is 5.11 Å². The Balaban J connectivity index is 1.69. The van der Waals surface area contributed by atoms with Gasteiger partial charge >= 0.3 is 0 Å². The van der Waals surface area contributed by atoms with Crippen molar-refractivity contribution >= 4 is 34.9 Å². The number of hydrogen-bond acceptors (Lipinski definition) is 6. The number of hydrogen-bond donors (Lipinski definition) is 2. The number of nitrogens with zero attached hydrogens (tertiary/aromatic N) is 4. The van der Waals surface area contributed by atoms with Gasteiger partial charge in [-0.25, -0.2) is 10.0 Å². The number of halogens is 2. The number of aliphatic hydroxyl groups excluding tert-OH is 1. The maximum Gasteiger partial charge on any atom is 0.228 e. The summed E-state index contributed by atoms with van der Waals surface area (Å²) in [5.74, 6) is 0.725. The molecule has 6 nitrogen and oxygen atoms in total. The molecule has 1 aliphatic carbocycles. The molecule has 2 aliphatic heterocycles. The lowest BCUT2D eigenvalue weighted by molar-refractivity contribution is -0.0501. The number of allylic oxidation sites excluding steroid dienone is 2. The maximum atomic E-state index is 10.8. The van der Waals surface area contributed by atoms with Gasteiger partial charge in [-0.3, -0.25) is 4.90 Å². The second-order valence-corrected chi connectivity index (χ2v) is 6.51. The predicted octanol–water partition coefficient (Wildman–Crippen LogP) is 2.63. The van der Waals surface area contributed by atoms with Crippen LogP contribution >= 0.6 is 23.2 Å². The first-order valence-electron chi connectivity index (χ1n) is 7.57. The van der Waals surface area contributed by atoms with E-state index in [-0.39, 0.29) is 12.4 Å². The molecule has 3 aliphatic rings. The highest BCUT2D eigenvalue weighted by atomic mass is 35.5. The van der Waals surface area contributed by atoms with Crippen LogP contribution in [-0.4, -0.2) is 33.0 Å². The summed E-state index contributed by atoms with van der Waals surface area (Å²) in [6.45, 7) is 0.263. The largest absolute Gasteiger partial charge is 0.381 e. The van der Waals surface area contributed by atoms with Crippen molar-refractivity contribution in [2.75, 3.05) is 0 Å². The molecule has 124 valence electrons. The summed E-state index contributed by atoms with van der Waals surface area (Å²) in [7, 11) is 0. The summed E-state index contributed by atoms with van der Waals surface area (Å²) in [4.78, 5) is 6.08. The minimum atomic E-state index is -0.992. The van der Waals surface area contributed by atoms with E-state index in [4.69, 9.17) is 28.9 Å². The Bertz CT molecular complexity index is 810. The summed E-state index contributed by atoms with van der Waals surface area (Å²) in [5, 5.41) is 17.7. The molecule has 8 heteroatoms. The van der Waals surface area contributed by atoms with Crippen LogP contribution in [0.15, 0.2) is 51.8 Å². The number of aliphatic imine (C=N–C) groups is 1. The van der Waals surface area contributed by atoms with E-state index in [0.29, 0.717) is 21.4 Å². The minimum Gasteiger partial charge on any atom is -0.381 e. The van der Waals surface area contributed by atoms with Gasteiger partial charge in [-0.2, -0.15) is 5.10 Å². The van der Waals surface area contributed by atoms with Gasteiger partial charge < -0.3 is 10.8 Å². The molecular weight excluding hydrogens is 349 g/mol. The van der Waals surface area contributed by atoms with Crippen LogP contribution in [0.3, 0.4) is 0 Å². The van der Waals surface area contributed by atoms with Crippen LogP contribution in [0.5, 0.6) is 0 Å². The topological polar surface area (TPSA) is 77.5 Å². The molecule has 3 N–H and O–H groups in total. The van der Waals surface area contributed by atoms with E-state index < -0.39 is 6.35 Å². The number of fused-ring (bicyclic) bond motifs is 3. The molecule has 0 saturated carbocycles. The van der Waals surface area contributed by atoms with Crippen molar-refractivity contribution in [1.29, 1.82) is 0 Å². The second kappa shape index (κ2) is 5.81. The molecule has 4 rings (SSSR count). The summed E-state index contributed by atoms with van der Waals surface area (Å²) in [5.41, 5.74) is 8.33. The molecule has 1 unspecified atom stereocenters. The van der Waals surface area contributed by atoms with Gasteiger partial charge in [-0.05, 0) is 25.0 Å². The first kappa shape index (κ1) is 15.5. The number of benzene rings is 1. The molecule has 0 fully saturated rings. The Morgan fingerprint density at radius 2 is 1.92 bits per heavy atom. The monoisotopic (exact) mass is 363 g/mol. The Hall–Kier alpha value is -2.02. The molecule has 1 aromatic rings. The van der Waals surface area contributed by atoms with E-state index in [1.54, 1.807) is 23.1 Å². The van der Waals surface area contributed by atoms with E-state index in [1.807, 2.05) is 12.2 Å². The Morgan fingerprint density at radius 1 is 1.21 bits per heavy atom. The van der Waals surface area contributed by atoms with Crippen LogP contribution < -0.4 is 5.73 Å². The van der Waals surface area contributed by atoms with Gasteiger partial charge in [0.15, 0.2) is 11.7 Å². The van der Waals surface area contributed by atoms with Crippen LogP contribution in [0.4, 0.5) is 0 Å². The minimum absolute atomic E-state index is 0.263. The summed E-state index contributed by atoms with van der Waals surface area (Å²) in [6.07, 6.45) is 4.86. The molecule has 0 bridgehead atoms. The van der Waals surface area contributed by atoms with Gasteiger partial charge in [0, 0.05) is 15.6 Å². The third-order valence-electron chi connectivity index (χ3n) is 4.16. The summed E-state index contributed by atoms with van der Waals surface area (Å²) in [6, 6.07) is 5.29. The van der Waals surface area contributed by atoms with Crippen molar-refractivity contribution in [3.8, 4) is 0 Å². The third-order valence-corrected chi connectivity index (χ3v) is 4.87. The number of hydrazone groups is 1. The van der Waals surface area contributed by atoms with E-state index in [0.717, 1.165) is 24.2 Å². The quantitative estimate of drug-likeness (QED) is 0.846. The number of aliphatic hydroxyl groups is 1. The van der Waals surface area contributed by atoms with Crippen molar-refractivity contribution in [1.82, 2.24) is 9.91 Å². The van der Waals surface area contributed by atoms with Crippen LogP contribution in [0.2, 0.25) is 10.0 Å². The molecule has 1 aromatic carbocycles.